The van der Waals surface area contributed by atoms with Crippen molar-refractivity contribution in [3.8, 4) is 22.5 Å². The van der Waals surface area contributed by atoms with Gasteiger partial charge >= 0.3 is 0 Å². The zero-order valence-electron chi connectivity index (χ0n) is 19.1. The fraction of sp³-hybridized carbons (Fsp3) is 0.0667. The van der Waals surface area contributed by atoms with E-state index in [9.17, 15) is 4.79 Å². The highest BCUT2D eigenvalue weighted by molar-refractivity contribution is 7.99. The Morgan fingerprint density at radius 2 is 1.20 bits per heavy atom. The maximum absolute atomic E-state index is 13.0. The van der Waals surface area contributed by atoms with E-state index >= 15 is 0 Å². The van der Waals surface area contributed by atoms with E-state index in [0.29, 0.717) is 5.16 Å². The largest absolute Gasteiger partial charge is 0.344 e. The Bertz CT molecular complexity index is 1270. The molecular weight excluding hydrogens is 450 g/mol. The van der Waals surface area contributed by atoms with E-state index in [0.717, 1.165) is 33.6 Å². The summed E-state index contributed by atoms with van der Waals surface area (Å²) in [6, 6.07) is 40.1. The fourth-order valence-corrected chi connectivity index (χ4v) is 4.71. The molecule has 1 aromatic heterocycles. The Morgan fingerprint density at radius 3 is 1.74 bits per heavy atom. The molecule has 35 heavy (non-hydrogen) atoms. The Morgan fingerprint density at radius 1 is 0.714 bits per heavy atom. The molecule has 5 aromatic rings. The van der Waals surface area contributed by atoms with E-state index in [-0.39, 0.29) is 17.7 Å². The van der Waals surface area contributed by atoms with Crippen LogP contribution in [0.1, 0.15) is 17.2 Å². The van der Waals surface area contributed by atoms with Gasteiger partial charge < -0.3 is 10.3 Å². The van der Waals surface area contributed by atoms with E-state index in [1.807, 2.05) is 109 Å². The molecule has 4 aromatic carbocycles. The molecule has 4 nitrogen and oxygen atoms in total. The lowest BCUT2D eigenvalue weighted by Crippen LogP contribution is -2.30. The standard InChI is InChI=1S/C30H25N3OS/c34-26(31-27(22-13-5-1-6-14-22)23-15-7-2-8-16-23)21-35-30-32-28(24-17-9-3-10-18-24)29(33-30)25-19-11-4-12-20-25/h1-20,27H,21H2,(H,31,34)(H,32,33). The molecule has 0 aliphatic rings. The molecule has 0 saturated heterocycles. The van der Waals surface area contributed by atoms with Crippen molar-refractivity contribution in [2.24, 2.45) is 0 Å². The van der Waals surface area contributed by atoms with Gasteiger partial charge in [0.05, 0.1) is 23.2 Å². The van der Waals surface area contributed by atoms with Crippen LogP contribution in [-0.2, 0) is 4.79 Å². The molecule has 0 aliphatic heterocycles. The lowest BCUT2D eigenvalue weighted by atomic mass is 9.99. The minimum absolute atomic E-state index is 0.0494. The number of rotatable bonds is 8. The van der Waals surface area contributed by atoms with Gasteiger partial charge in [-0.1, -0.05) is 133 Å². The van der Waals surface area contributed by atoms with Crippen molar-refractivity contribution in [1.29, 1.82) is 0 Å². The van der Waals surface area contributed by atoms with Crippen molar-refractivity contribution in [2.75, 3.05) is 5.75 Å². The molecular formula is C30H25N3OS. The number of hydrogen-bond acceptors (Lipinski definition) is 3. The second-order valence-electron chi connectivity index (χ2n) is 8.11. The third-order valence-corrected chi connectivity index (χ3v) is 6.58. The van der Waals surface area contributed by atoms with Crippen molar-refractivity contribution in [3.05, 3.63) is 132 Å². The number of aromatic amines is 1. The molecule has 0 bridgehead atoms. The summed E-state index contributed by atoms with van der Waals surface area (Å²) >= 11 is 1.41. The molecule has 0 atom stereocenters. The SMILES string of the molecule is O=C(CSc1nc(-c2ccccc2)c(-c2ccccc2)[nH]1)NC(c1ccccc1)c1ccccc1. The van der Waals surface area contributed by atoms with Gasteiger partial charge in [-0.05, 0) is 11.1 Å². The summed E-state index contributed by atoms with van der Waals surface area (Å²) in [5.74, 6) is 0.207. The summed E-state index contributed by atoms with van der Waals surface area (Å²) in [5.41, 5.74) is 6.02. The maximum atomic E-state index is 13.0. The molecule has 5 heteroatoms. The number of carbonyl (C=O) groups excluding carboxylic acids is 1. The van der Waals surface area contributed by atoms with E-state index in [1.54, 1.807) is 0 Å². The van der Waals surface area contributed by atoms with Gasteiger partial charge in [0.15, 0.2) is 5.16 Å². The van der Waals surface area contributed by atoms with Crippen LogP contribution in [0.25, 0.3) is 22.5 Å². The fourth-order valence-electron chi connectivity index (χ4n) is 4.03. The number of amides is 1. The summed E-state index contributed by atoms with van der Waals surface area (Å²) in [7, 11) is 0. The van der Waals surface area contributed by atoms with Gasteiger partial charge in [-0.3, -0.25) is 4.79 Å². The number of carbonyl (C=O) groups is 1. The van der Waals surface area contributed by atoms with Gasteiger partial charge in [-0.25, -0.2) is 4.98 Å². The molecule has 0 radical (unpaired) electrons. The molecule has 0 saturated carbocycles. The molecule has 0 spiro atoms. The normalized spacial score (nSPS) is 10.9. The number of nitrogens with one attached hydrogen (secondary N) is 2. The van der Waals surface area contributed by atoms with Crippen LogP contribution >= 0.6 is 11.8 Å². The average Bonchev–Trinajstić information content (AvgIpc) is 3.37. The predicted octanol–water partition coefficient (Wildman–Crippen LogP) is 6.74. The summed E-state index contributed by atoms with van der Waals surface area (Å²) in [6.45, 7) is 0. The summed E-state index contributed by atoms with van der Waals surface area (Å²) < 4.78 is 0. The third-order valence-electron chi connectivity index (χ3n) is 5.70. The van der Waals surface area contributed by atoms with Crippen LogP contribution in [0.5, 0.6) is 0 Å². The van der Waals surface area contributed by atoms with Crippen molar-refractivity contribution in [1.82, 2.24) is 15.3 Å². The molecule has 0 fully saturated rings. The Hall–Kier alpha value is -4.09. The number of nitrogens with zero attached hydrogens (tertiary/aromatic N) is 1. The van der Waals surface area contributed by atoms with Gasteiger partial charge in [-0.2, -0.15) is 0 Å². The average molecular weight is 476 g/mol. The third kappa shape index (κ3) is 5.53. The quantitative estimate of drug-likeness (QED) is 0.244. The first-order chi connectivity index (χ1) is 17.3. The highest BCUT2D eigenvalue weighted by Gasteiger charge is 2.18. The van der Waals surface area contributed by atoms with E-state index in [4.69, 9.17) is 4.98 Å². The van der Waals surface area contributed by atoms with Gasteiger partial charge in [0, 0.05) is 11.1 Å². The maximum Gasteiger partial charge on any atom is 0.231 e. The summed E-state index contributed by atoms with van der Waals surface area (Å²) in [6.07, 6.45) is 0. The molecule has 172 valence electrons. The van der Waals surface area contributed by atoms with Crippen molar-refractivity contribution in [2.45, 2.75) is 11.2 Å². The molecule has 5 rings (SSSR count). The number of imidazole rings is 1. The molecule has 0 unspecified atom stereocenters. The molecule has 1 amide bonds. The minimum Gasteiger partial charge on any atom is -0.344 e. The summed E-state index contributed by atoms with van der Waals surface area (Å²) in [5, 5.41) is 3.92. The Kier molecular flexibility index (Phi) is 7.06. The van der Waals surface area contributed by atoms with Crippen LogP contribution in [0.2, 0.25) is 0 Å². The highest BCUT2D eigenvalue weighted by atomic mass is 32.2. The zero-order valence-corrected chi connectivity index (χ0v) is 19.9. The second kappa shape index (κ2) is 10.9. The van der Waals surface area contributed by atoms with E-state index < -0.39 is 0 Å². The first-order valence-electron chi connectivity index (χ1n) is 11.5. The van der Waals surface area contributed by atoms with Crippen LogP contribution in [0, 0.1) is 0 Å². The number of hydrogen-bond donors (Lipinski definition) is 2. The lowest BCUT2D eigenvalue weighted by molar-refractivity contribution is -0.119. The van der Waals surface area contributed by atoms with Crippen LogP contribution in [-0.4, -0.2) is 21.6 Å². The monoisotopic (exact) mass is 475 g/mol. The predicted molar refractivity (Wildman–Crippen MR) is 143 cm³/mol. The van der Waals surface area contributed by atoms with Crippen molar-refractivity contribution < 1.29 is 4.79 Å². The smallest absolute Gasteiger partial charge is 0.231 e. The van der Waals surface area contributed by atoms with Gasteiger partial charge in [-0.15, -0.1) is 0 Å². The van der Waals surface area contributed by atoms with E-state index in [2.05, 4.69) is 22.4 Å². The van der Waals surface area contributed by atoms with Crippen LogP contribution < -0.4 is 5.32 Å². The van der Waals surface area contributed by atoms with Crippen molar-refractivity contribution >= 4 is 17.7 Å². The second-order valence-corrected chi connectivity index (χ2v) is 9.07. The lowest BCUT2D eigenvalue weighted by Gasteiger charge is -2.19. The number of aromatic nitrogens is 2. The molecule has 1 heterocycles. The molecule has 0 aliphatic carbocycles. The van der Waals surface area contributed by atoms with Gasteiger partial charge in [0.25, 0.3) is 0 Å². The van der Waals surface area contributed by atoms with E-state index in [1.165, 1.54) is 11.8 Å². The van der Waals surface area contributed by atoms with Gasteiger partial charge in [0.1, 0.15) is 0 Å². The molecule has 2 N–H and O–H groups in total. The number of benzene rings is 4. The van der Waals surface area contributed by atoms with Crippen LogP contribution in [0.3, 0.4) is 0 Å². The van der Waals surface area contributed by atoms with Gasteiger partial charge in [0.2, 0.25) is 5.91 Å². The minimum atomic E-state index is -0.207. The zero-order chi connectivity index (χ0) is 23.9. The van der Waals surface area contributed by atoms with Crippen LogP contribution in [0.15, 0.2) is 126 Å². The Balaban J connectivity index is 1.35. The first-order valence-corrected chi connectivity index (χ1v) is 12.5. The highest BCUT2D eigenvalue weighted by Crippen LogP contribution is 2.32. The number of H-pyrrole nitrogens is 1. The first kappa shape index (κ1) is 22.7. The topological polar surface area (TPSA) is 57.8 Å². The Labute approximate surface area is 209 Å². The number of thioether (sulfide) groups is 1. The van der Waals surface area contributed by atoms with Crippen molar-refractivity contribution in [3.63, 3.8) is 0 Å². The van der Waals surface area contributed by atoms with Crippen LogP contribution in [0.4, 0.5) is 0 Å². The summed E-state index contributed by atoms with van der Waals surface area (Å²) in [4.78, 5) is 21.3.